The summed E-state index contributed by atoms with van der Waals surface area (Å²) in [5.41, 5.74) is 12.4. The molecule has 0 N–H and O–H groups in total. The Hall–Kier alpha value is -4.65. The van der Waals surface area contributed by atoms with E-state index >= 15 is 0 Å². The van der Waals surface area contributed by atoms with Crippen molar-refractivity contribution in [2.75, 3.05) is 0 Å². The number of rotatable bonds is 2. The van der Waals surface area contributed by atoms with Crippen molar-refractivity contribution in [3.63, 3.8) is 0 Å². The lowest BCUT2D eigenvalue weighted by Crippen LogP contribution is -1.93. The third-order valence-corrected chi connectivity index (χ3v) is 8.82. The average molecular weight is 631 g/mol. The molecule has 0 aliphatic heterocycles. The molecule has 0 heterocycles. The Balaban J connectivity index is 1.49. The third-order valence-electron chi connectivity index (χ3n) is 8.11. The minimum atomic E-state index is 1.03. The summed E-state index contributed by atoms with van der Waals surface area (Å²) in [5.74, 6) is 6.91. The molecule has 190 valence electrons. The highest BCUT2D eigenvalue weighted by atomic mass is 127. The second-order valence-corrected chi connectivity index (χ2v) is 11.7. The smallest absolute Gasteiger partial charge is 0.0328 e. The van der Waals surface area contributed by atoms with Crippen LogP contribution in [-0.4, -0.2) is 0 Å². The molecule has 7 aromatic rings. The van der Waals surface area contributed by atoms with Gasteiger partial charge in [0.15, 0.2) is 0 Å². The van der Waals surface area contributed by atoms with Gasteiger partial charge in [0.1, 0.15) is 0 Å². The molecule has 0 fully saturated rings. The summed E-state index contributed by atoms with van der Waals surface area (Å²) in [5, 5.41) is 5.05. The molecule has 0 aromatic heterocycles. The molecule has 0 nitrogen and oxygen atoms in total. The van der Waals surface area contributed by atoms with Crippen molar-refractivity contribution in [1.82, 2.24) is 0 Å². The molecule has 0 atom stereocenters. The van der Waals surface area contributed by atoms with Crippen LogP contribution in [0.3, 0.4) is 0 Å². The van der Waals surface area contributed by atoms with Crippen LogP contribution in [0.25, 0.3) is 66.1 Å². The van der Waals surface area contributed by atoms with Gasteiger partial charge in [0.25, 0.3) is 0 Å². The summed E-state index contributed by atoms with van der Waals surface area (Å²) < 4.78 is 1.21. The quantitative estimate of drug-likeness (QED) is 0.132. The molecule has 0 saturated heterocycles. The van der Waals surface area contributed by atoms with Crippen molar-refractivity contribution >= 4 is 44.1 Å². The van der Waals surface area contributed by atoms with Crippen molar-refractivity contribution in [3.8, 4) is 56.3 Å². The van der Waals surface area contributed by atoms with Gasteiger partial charge in [-0.25, -0.2) is 0 Å². The lowest BCUT2D eigenvalue weighted by atomic mass is 9.82. The Morgan fingerprint density at radius 3 is 1.54 bits per heavy atom. The van der Waals surface area contributed by atoms with Gasteiger partial charge in [0.05, 0.1) is 0 Å². The van der Waals surface area contributed by atoms with Crippen LogP contribution in [0.2, 0.25) is 0 Å². The fourth-order valence-electron chi connectivity index (χ4n) is 6.39. The van der Waals surface area contributed by atoms with E-state index in [1.807, 2.05) is 0 Å². The molecule has 41 heavy (non-hydrogen) atoms. The van der Waals surface area contributed by atoms with Gasteiger partial charge in [0.2, 0.25) is 0 Å². The molecule has 0 spiro atoms. The standard InChI is InChI=1S/C40H23I/c41-30-23-19-26(20-24-30)18-21-27-22-25-35-38-31(27)16-9-17-34(38)39-36(28-10-3-1-4-11-28)32-14-7-8-15-33(32)37(40(35)39)29-12-5-2-6-13-29/h1-17,19-20,22-25H. The molecule has 1 aliphatic carbocycles. The van der Waals surface area contributed by atoms with Crippen molar-refractivity contribution in [3.05, 3.63) is 154 Å². The lowest BCUT2D eigenvalue weighted by Gasteiger charge is -2.20. The summed E-state index contributed by atoms with van der Waals surface area (Å²) >= 11 is 2.33. The summed E-state index contributed by atoms with van der Waals surface area (Å²) in [7, 11) is 0. The molecule has 1 aliphatic rings. The monoisotopic (exact) mass is 630 g/mol. The van der Waals surface area contributed by atoms with E-state index in [-0.39, 0.29) is 0 Å². The van der Waals surface area contributed by atoms with Gasteiger partial charge in [-0.15, -0.1) is 0 Å². The van der Waals surface area contributed by atoms with Crippen LogP contribution in [0.4, 0.5) is 0 Å². The lowest BCUT2D eigenvalue weighted by molar-refractivity contribution is 1.60. The number of benzene rings is 7. The molecule has 7 aromatic carbocycles. The van der Waals surface area contributed by atoms with Gasteiger partial charge in [-0.05, 0) is 119 Å². The van der Waals surface area contributed by atoms with E-state index in [1.165, 1.54) is 69.6 Å². The Morgan fingerprint density at radius 1 is 0.390 bits per heavy atom. The minimum Gasteiger partial charge on any atom is -0.0622 e. The fourth-order valence-corrected chi connectivity index (χ4v) is 6.75. The van der Waals surface area contributed by atoms with E-state index in [0.717, 1.165) is 11.1 Å². The first-order chi connectivity index (χ1) is 20.3. The van der Waals surface area contributed by atoms with Crippen LogP contribution >= 0.6 is 22.6 Å². The summed E-state index contributed by atoms with van der Waals surface area (Å²) in [6.45, 7) is 0. The van der Waals surface area contributed by atoms with Crippen molar-refractivity contribution in [2.24, 2.45) is 0 Å². The molecule has 0 bridgehead atoms. The zero-order valence-electron chi connectivity index (χ0n) is 22.2. The predicted molar refractivity (Wildman–Crippen MR) is 182 cm³/mol. The Kier molecular flexibility index (Phi) is 5.76. The highest BCUT2D eigenvalue weighted by Gasteiger charge is 2.30. The van der Waals surface area contributed by atoms with Crippen LogP contribution in [0, 0.1) is 15.4 Å². The van der Waals surface area contributed by atoms with E-state index in [1.54, 1.807) is 0 Å². The van der Waals surface area contributed by atoms with Crippen LogP contribution in [0.1, 0.15) is 11.1 Å². The van der Waals surface area contributed by atoms with Crippen molar-refractivity contribution in [2.45, 2.75) is 0 Å². The molecule has 0 unspecified atom stereocenters. The Morgan fingerprint density at radius 2 is 0.927 bits per heavy atom. The van der Waals surface area contributed by atoms with Gasteiger partial charge in [-0.3, -0.25) is 0 Å². The zero-order chi connectivity index (χ0) is 27.3. The number of hydrogen-bond donors (Lipinski definition) is 0. The predicted octanol–water partition coefficient (Wildman–Crippen LogP) is 11.0. The SMILES string of the molecule is Ic1ccc(C#Cc2ccc3c4c(cccc24)-c2c-3c(-c3ccccc3)c3ccccc3c2-c2ccccc2)cc1. The minimum absolute atomic E-state index is 1.03. The Bertz CT molecular complexity index is 2090. The summed E-state index contributed by atoms with van der Waals surface area (Å²) in [6, 6.07) is 50.2. The fraction of sp³-hybridized carbons (Fsp3) is 0. The van der Waals surface area contributed by atoms with Gasteiger partial charge in [-0.2, -0.15) is 0 Å². The normalized spacial score (nSPS) is 11.3. The van der Waals surface area contributed by atoms with E-state index in [4.69, 9.17) is 0 Å². The first kappa shape index (κ1) is 24.2. The number of hydrogen-bond acceptors (Lipinski definition) is 0. The van der Waals surface area contributed by atoms with Crippen LogP contribution in [0.15, 0.2) is 140 Å². The molecule has 0 saturated carbocycles. The Labute approximate surface area is 253 Å². The van der Waals surface area contributed by atoms with Crippen LogP contribution in [0.5, 0.6) is 0 Å². The highest BCUT2D eigenvalue weighted by molar-refractivity contribution is 14.1. The van der Waals surface area contributed by atoms with E-state index in [2.05, 4.69) is 174 Å². The van der Waals surface area contributed by atoms with Gasteiger partial charge in [0, 0.05) is 14.7 Å². The summed E-state index contributed by atoms with van der Waals surface area (Å²) in [6.07, 6.45) is 0. The van der Waals surface area contributed by atoms with Crippen LogP contribution < -0.4 is 0 Å². The third kappa shape index (κ3) is 3.90. The highest BCUT2D eigenvalue weighted by Crippen LogP contribution is 2.57. The second kappa shape index (κ2) is 9.77. The first-order valence-corrected chi connectivity index (χ1v) is 14.9. The van der Waals surface area contributed by atoms with E-state index in [9.17, 15) is 0 Å². The number of fused-ring (bicyclic) bond motifs is 4. The van der Waals surface area contributed by atoms with E-state index < -0.39 is 0 Å². The molecular formula is C40H23I. The molecule has 0 amide bonds. The second-order valence-electron chi connectivity index (χ2n) is 10.4. The largest absolute Gasteiger partial charge is 0.0622 e. The van der Waals surface area contributed by atoms with Gasteiger partial charge < -0.3 is 0 Å². The van der Waals surface area contributed by atoms with Gasteiger partial charge in [-0.1, -0.05) is 121 Å². The maximum absolute atomic E-state index is 3.51. The average Bonchev–Trinajstić information content (AvgIpc) is 3.36. The van der Waals surface area contributed by atoms with Crippen molar-refractivity contribution in [1.29, 1.82) is 0 Å². The molecule has 0 radical (unpaired) electrons. The first-order valence-electron chi connectivity index (χ1n) is 13.8. The number of halogens is 1. The molecular weight excluding hydrogens is 607 g/mol. The maximum atomic E-state index is 3.51. The topological polar surface area (TPSA) is 0 Å². The maximum Gasteiger partial charge on any atom is 0.0328 e. The summed E-state index contributed by atoms with van der Waals surface area (Å²) in [4.78, 5) is 0. The van der Waals surface area contributed by atoms with Crippen LogP contribution in [-0.2, 0) is 0 Å². The zero-order valence-corrected chi connectivity index (χ0v) is 24.3. The van der Waals surface area contributed by atoms with Gasteiger partial charge >= 0.3 is 0 Å². The van der Waals surface area contributed by atoms with E-state index in [0.29, 0.717) is 0 Å². The molecule has 1 heteroatoms. The van der Waals surface area contributed by atoms with Crippen molar-refractivity contribution < 1.29 is 0 Å². The molecule has 8 rings (SSSR count).